The van der Waals surface area contributed by atoms with Crippen LogP contribution in [0.5, 0.6) is 23.0 Å². The monoisotopic (exact) mass is 640 g/mol. The highest BCUT2D eigenvalue weighted by Gasteiger charge is 2.30. The number of ether oxygens (including phenoxy) is 2. The molecule has 12 heteroatoms. The van der Waals surface area contributed by atoms with Crippen molar-refractivity contribution in [3.63, 3.8) is 0 Å². The summed E-state index contributed by atoms with van der Waals surface area (Å²) in [6, 6.07) is 26.4. The van der Waals surface area contributed by atoms with Crippen LogP contribution in [-0.2, 0) is 26.7 Å². The van der Waals surface area contributed by atoms with E-state index in [0.717, 1.165) is 21.5 Å². The fraction of sp³-hybridized carbons (Fsp3) is 0.0303. The van der Waals surface area contributed by atoms with Gasteiger partial charge in [0.25, 0.3) is 20.2 Å². The molecular weight excluding hydrogens is 617 g/mol. The minimum atomic E-state index is -4.78. The van der Waals surface area contributed by atoms with Gasteiger partial charge in [-0.3, -0.25) is 9.11 Å². The molecule has 0 atom stereocenters. The molecule has 1 aliphatic carbocycles. The zero-order chi connectivity index (χ0) is 31.7. The van der Waals surface area contributed by atoms with Gasteiger partial charge in [0.15, 0.2) is 0 Å². The first-order valence-electron chi connectivity index (χ1n) is 13.6. The lowest BCUT2D eigenvalue weighted by Crippen LogP contribution is -2.03. The van der Waals surface area contributed by atoms with E-state index >= 15 is 0 Å². The molecule has 0 bridgehead atoms. The van der Waals surface area contributed by atoms with Gasteiger partial charge in [-0.05, 0) is 123 Å². The Hall–Kier alpha value is -5.14. The first-order valence-corrected chi connectivity index (χ1v) is 16.4. The van der Waals surface area contributed by atoms with Crippen molar-refractivity contribution in [1.29, 1.82) is 0 Å². The summed E-state index contributed by atoms with van der Waals surface area (Å²) in [5.74, 6) is 0.439. The van der Waals surface area contributed by atoms with Crippen molar-refractivity contribution in [2.75, 3.05) is 11.5 Å². The largest absolute Gasteiger partial charge is 0.456 e. The Morgan fingerprint density at radius 3 is 1.29 bits per heavy atom. The van der Waals surface area contributed by atoms with Crippen LogP contribution >= 0.6 is 0 Å². The van der Waals surface area contributed by atoms with Crippen LogP contribution in [-0.4, -0.2) is 25.9 Å². The van der Waals surface area contributed by atoms with E-state index in [1.54, 1.807) is 72.8 Å². The van der Waals surface area contributed by atoms with Crippen molar-refractivity contribution < 1.29 is 35.4 Å². The fourth-order valence-corrected chi connectivity index (χ4v) is 6.87. The zero-order valence-corrected chi connectivity index (χ0v) is 24.9. The molecule has 0 aromatic heterocycles. The minimum absolute atomic E-state index is 0.109. The first kappa shape index (κ1) is 28.6. The second-order valence-corrected chi connectivity index (χ2v) is 13.6. The van der Waals surface area contributed by atoms with Crippen molar-refractivity contribution in [3.05, 3.63) is 108 Å². The molecule has 0 spiro atoms. The van der Waals surface area contributed by atoms with Crippen molar-refractivity contribution in [1.82, 2.24) is 0 Å². The van der Waals surface area contributed by atoms with E-state index in [0.29, 0.717) is 45.1 Å². The number of benzene rings is 6. The SMILES string of the molecule is Nc1ccc2cc(Oc3cc4c(cc3S(=O)(=O)O)-c3cc(S(=O)(=O)O)c(Oc5ccc6cc(N)ccc6c5)cc3C4)ccc2c1. The van der Waals surface area contributed by atoms with Crippen LogP contribution in [0.25, 0.3) is 32.7 Å². The highest BCUT2D eigenvalue weighted by Crippen LogP contribution is 2.46. The Kier molecular flexibility index (Phi) is 6.49. The molecule has 6 aromatic rings. The van der Waals surface area contributed by atoms with E-state index in [-0.39, 0.29) is 17.9 Å². The third-order valence-corrected chi connectivity index (χ3v) is 9.44. The van der Waals surface area contributed by atoms with Gasteiger partial charge in [0.2, 0.25) is 0 Å². The molecule has 6 N–H and O–H groups in total. The van der Waals surface area contributed by atoms with Crippen LogP contribution < -0.4 is 20.9 Å². The molecule has 1 aliphatic rings. The summed E-state index contributed by atoms with van der Waals surface area (Å²) in [6.07, 6.45) is 0.267. The maximum Gasteiger partial charge on any atom is 0.298 e. The second kappa shape index (κ2) is 10.2. The molecule has 0 amide bonds. The van der Waals surface area contributed by atoms with Gasteiger partial charge in [-0.15, -0.1) is 0 Å². The van der Waals surface area contributed by atoms with E-state index in [1.807, 2.05) is 0 Å². The Labute approximate surface area is 257 Å². The molecular formula is C33H24N2O8S2. The smallest absolute Gasteiger partial charge is 0.298 e. The first-order chi connectivity index (χ1) is 21.3. The van der Waals surface area contributed by atoms with Gasteiger partial charge in [0.1, 0.15) is 32.8 Å². The number of fused-ring (bicyclic) bond motifs is 5. The van der Waals surface area contributed by atoms with Crippen LogP contribution in [0.15, 0.2) is 107 Å². The van der Waals surface area contributed by atoms with Gasteiger partial charge in [0, 0.05) is 11.4 Å². The maximum absolute atomic E-state index is 12.5. The third kappa shape index (κ3) is 5.40. The van der Waals surface area contributed by atoms with Gasteiger partial charge in [-0.2, -0.15) is 16.8 Å². The molecule has 0 unspecified atom stereocenters. The number of hydrogen-bond donors (Lipinski definition) is 4. The maximum atomic E-state index is 12.5. The number of hydrogen-bond acceptors (Lipinski definition) is 8. The van der Waals surface area contributed by atoms with Crippen molar-refractivity contribution in [3.8, 4) is 34.1 Å². The quantitative estimate of drug-likeness (QED) is 0.111. The third-order valence-electron chi connectivity index (χ3n) is 7.69. The Balaban J connectivity index is 1.30. The van der Waals surface area contributed by atoms with E-state index in [2.05, 4.69) is 0 Å². The van der Waals surface area contributed by atoms with Crippen LogP contribution in [0, 0.1) is 0 Å². The summed E-state index contributed by atoms with van der Waals surface area (Å²) in [5, 5.41) is 3.35. The van der Waals surface area contributed by atoms with E-state index in [9.17, 15) is 25.9 Å². The fourth-order valence-electron chi connectivity index (χ4n) is 5.63. The highest BCUT2D eigenvalue weighted by molar-refractivity contribution is 7.86. The lowest BCUT2D eigenvalue weighted by Gasteiger charge is -2.14. The summed E-state index contributed by atoms with van der Waals surface area (Å²) in [6.45, 7) is 0. The molecule has 6 aromatic carbocycles. The average molecular weight is 641 g/mol. The zero-order valence-electron chi connectivity index (χ0n) is 23.3. The summed E-state index contributed by atoms with van der Waals surface area (Å²) in [4.78, 5) is -1.01. The summed E-state index contributed by atoms with van der Waals surface area (Å²) >= 11 is 0. The van der Waals surface area contributed by atoms with Crippen molar-refractivity contribution in [2.24, 2.45) is 0 Å². The number of nitrogens with two attached hydrogens (primary N) is 2. The molecule has 0 radical (unpaired) electrons. The summed E-state index contributed by atoms with van der Waals surface area (Å²) in [7, 11) is -9.55. The lowest BCUT2D eigenvalue weighted by molar-refractivity contribution is 0.448. The van der Waals surface area contributed by atoms with E-state index in [1.165, 1.54) is 24.3 Å². The standard InChI is InChI=1S/C33H24N2O8S2/c34-24-5-1-20-12-26(7-3-18(20)10-24)42-30-14-22-9-23-15-31(43-27-8-4-19-11-25(35)6-2-21(19)13-27)33(45(39,40)41)17-29(23)28(22)16-32(30)44(36,37)38/h1-8,10-17H,9,34-35H2,(H,36,37,38)(H,39,40,41). The second-order valence-electron chi connectivity index (χ2n) is 10.8. The van der Waals surface area contributed by atoms with Gasteiger partial charge in [0.05, 0.1) is 0 Å². The molecule has 0 saturated heterocycles. The lowest BCUT2D eigenvalue weighted by atomic mass is 10.1. The topological polar surface area (TPSA) is 179 Å². The predicted molar refractivity (Wildman–Crippen MR) is 171 cm³/mol. The van der Waals surface area contributed by atoms with Crippen LogP contribution in [0.4, 0.5) is 11.4 Å². The molecule has 10 nitrogen and oxygen atoms in total. The minimum Gasteiger partial charge on any atom is -0.456 e. The molecule has 7 rings (SSSR count). The number of anilines is 2. The van der Waals surface area contributed by atoms with Crippen LogP contribution in [0.3, 0.4) is 0 Å². The Bertz CT molecular complexity index is 2270. The molecule has 0 fully saturated rings. The van der Waals surface area contributed by atoms with Crippen molar-refractivity contribution >= 4 is 53.2 Å². The Morgan fingerprint density at radius 2 is 0.889 bits per heavy atom. The Morgan fingerprint density at radius 1 is 0.511 bits per heavy atom. The molecule has 0 saturated carbocycles. The van der Waals surface area contributed by atoms with Gasteiger partial charge in [-0.1, -0.05) is 24.3 Å². The average Bonchev–Trinajstić information content (AvgIpc) is 3.31. The van der Waals surface area contributed by atoms with Gasteiger partial charge >= 0.3 is 0 Å². The predicted octanol–water partition coefficient (Wildman–Crippen LogP) is 6.81. The van der Waals surface area contributed by atoms with Gasteiger partial charge in [-0.25, -0.2) is 0 Å². The van der Waals surface area contributed by atoms with Crippen molar-refractivity contribution in [2.45, 2.75) is 16.2 Å². The van der Waals surface area contributed by atoms with Crippen LogP contribution in [0.2, 0.25) is 0 Å². The molecule has 45 heavy (non-hydrogen) atoms. The van der Waals surface area contributed by atoms with E-state index in [4.69, 9.17) is 20.9 Å². The number of nitrogen functional groups attached to an aromatic ring is 2. The molecule has 0 aliphatic heterocycles. The summed E-state index contributed by atoms with van der Waals surface area (Å²) in [5.41, 5.74) is 14.9. The van der Waals surface area contributed by atoms with Crippen LogP contribution in [0.1, 0.15) is 11.1 Å². The number of rotatable bonds is 6. The highest BCUT2D eigenvalue weighted by atomic mass is 32.2. The van der Waals surface area contributed by atoms with Gasteiger partial charge < -0.3 is 20.9 Å². The molecule has 0 heterocycles. The molecule has 226 valence electrons. The normalized spacial score (nSPS) is 12.7. The summed E-state index contributed by atoms with van der Waals surface area (Å²) < 4.78 is 82.2. The van der Waals surface area contributed by atoms with E-state index < -0.39 is 30.0 Å².